The molecule has 29 heavy (non-hydrogen) atoms. The number of thioether (sulfide) groups is 1. The van der Waals surface area contributed by atoms with E-state index >= 15 is 0 Å². The summed E-state index contributed by atoms with van der Waals surface area (Å²) in [6.45, 7) is 2.11. The van der Waals surface area contributed by atoms with Crippen molar-refractivity contribution >= 4 is 62.1 Å². The Morgan fingerprint density at radius 3 is 2.69 bits per heavy atom. The first-order valence-electron chi connectivity index (χ1n) is 8.95. The lowest BCUT2D eigenvalue weighted by Gasteiger charge is -1.99. The third-order valence-corrected chi connectivity index (χ3v) is 6.47. The largest absolute Gasteiger partial charge is 0.457 e. The van der Waals surface area contributed by atoms with Gasteiger partial charge in [0, 0.05) is 16.1 Å². The predicted molar refractivity (Wildman–Crippen MR) is 123 cm³/mol. The summed E-state index contributed by atoms with van der Waals surface area (Å²) in [5.41, 5.74) is 2.92. The zero-order valence-corrected chi connectivity index (χ0v) is 18.6. The number of aliphatic imine (C=N–C) groups is 1. The highest BCUT2D eigenvalue weighted by Gasteiger charge is 2.24. The number of hydrogen-bond acceptors (Lipinski definition) is 4. The lowest BCUT2D eigenvalue weighted by molar-refractivity contribution is -0.115. The molecule has 1 fully saturated rings. The van der Waals surface area contributed by atoms with Crippen molar-refractivity contribution in [3.63, 3.8) is 0 Å². The number of rotatable bonds is 4. The molecule has 1 amide bonds. The van der Waals surface area contributed by atoms with Gasteiger partial charge in [0.1, 0.15) is 11.5 Å². The number of benzene rings is 2. The third kappa shape index (κ3) is 4.66. The van der Waals surface area contributed by atoms with Crippen LogP contribution in [0.25, 0.3) is 17.4 Å². The van der Waals surface area contributed by atoms with Crippen LogP contribution < -0.4 is 5.32 Å². The average Bonchev–Trinajstić information content (AvgIpc) is 3.32. The molecule has 2 heterocycles. The SMILES string of the molecule is CCc1ccc(N=C2NC(=O)/C(=C/c3ccc(-c4ccc(Br)c(Cl)c4)o3)S2)cc1. The predicted octanol–water partition coefficient (Wildman–Crippen LogP) is 6.82. The molecule has 0 saturated carbocycles. The number of amidine groups is 1. The van der Waals surface area contributed by atoms with Crippen LogP contribution in [0.15, 0.2) is 73.4 Å². The van der Waals surface area contributed by atoms with Crippen LogP contribution in [0.4, 0.5) is 5.69 Å². The van der Waals surface area contributed by atoms with E-state index in [2.05, 4.69) is 33.2 Å². The number of amides is 1. The fraction of sp³-hybridized carbons (Fsp3) is 0.0909. The molecule has 146 valence electrons. The molecular weight excluding hydrogens is 472 g/mol. The zero-order chi connectivity index (χ0) is 20.4. The number of halogens is 2. The van der Waals surface area contributed by atoms with E-state index in [1.807, 2.05) is 54.6 Å². The third-order valence-electron chi connectivity index (χ3n) is 4.33. The second-order valence-electron chi connectivity index (χ2n) is 6.33. The fourth-order valence-corrected chi connectivity index (χ4v) is 4.02. The Hall–Kier alpha value is -2.28. The lowest BCUT2D eigenvalue weighted by Crippen LogP contribution is -2.19. The summed E-state index contributed by atoms with van der Waals surface area (Å²) in [4.78, 5) is 17.3. The van der Waals surface area contributed by atoms with E-state index in [0.717, 1.165) is 22.1 Å². The number of carbonyl (C=O) groups is 1. The van der Waals surface area contributed by atoms with Crippen molar-refractivity contribution in [2.75, 3.05) is 0 Å². The minimum Gasteiger partial charge on any atom is -0.457 e. The molecule has 1 saturated heterocycles. The molecule has 2 aromatic carbocycles. The van der Waals surface area contributed by atoms with Crippen LogP contribution in [-0.2, 0) is 11.2 Å². The maximum absolute atomic E-state index is 12.3. The maximum atomic E-state index is 12.3. The highest BCUT2D eigenvalue weighted by Crippen LogP contribution is 2.32. The summed E-state index contributed by atoms with van der Waals surface area (Å²) in [5, 5.41) is 3.96. The van der Waals surface area contributed by atoms with Gasteiger partial charge in [0.05, 0.1) is 15.6 Å². The number of nitrogens with one attached hydrogen (secondary N) is 1. The van der Waals surface area contributed by atoms with Crippen molar-refractivity contribution in [3.8, 4) is 11.3 Å². The summed E-state index contributed by atoms with van der Waals surface area (Å²) < 4.78 is 6.70. The van der Waals surface area contributed by atoms with Crippen LogP contribution in [0.1, 0.15) is 18.2 Å². The van der Waals surface area contributed by atoms with E-state index in [0.29, 0.717) is 26.6 Å². The maximum Gasteiger partial charge on any atom is 0.264 e. The van der Waals surface area contributed by atoms with Crippen LogP contribution in [0.5, 0.6) is 0 Å². The van der Waals surface area contributed by atoms with E-state index in [9.17, 15) is 4.79 Å². The average molecular weight is 488 g/mol. The Balaban J connectivity index is 1.52. The zero-order valence-electron chi connectivity index (χ0n) is 15.4. The Bertz CT molecular complexity index is 1140. The van der Waals surface area contributed by atoms with Gasteiger partial charge in [-0.1, -0.05) is 36.7 Å². The van der Waals surface area contributed by atoms with Crippen LogP contribution in [-0.4, -0.2) is 11.1 Å². The quantitative estimate of drug-likeness (QED) is 0.411. The Labute approximate surface area is 186 Å². The second-order valence-corrected chi connectivity index (χ2v) is 8.62. The molecule has 3 aromatic rings. The molecule has 4 nitrogen and oxygen atoms in total. The van der Waals surface area contributed by atoms with Crippen molar-refractivity contribution in [1.82, 2.24) is 5.32 Å². The smallest absolute Gasteiger partial charge is 0.264 e. The first kappa shape index (κ1) is 20.0. The van der Waals surface area contributed by atoms with Gasteiger partial charge in [-0.25, -0.2) is 4.99 Å². The van der Waals surface area contributed by atoms with Crippen molar-refractivity contribution in [2.45, 2.75) is 13.3 Å². The van der Waals surface area contributed by atoms with Gasteiger partial charge in [-0.2, -0.15) is 0 Å². The molecule has 0 spiro atoms. The molecule has 0 aliphatic carbocycles. The van der Waals surface area contributed by atoms with Gasteiger partial charge in [-0.05, 0) is 76.1 Å². The van der Waals surface area contributed by atoms with Crippen LogP contribution in [0, 0.1) is 0 Å². The molecule has 1 aliphatic rings. The lowest BCUT2D eigenvalue weighted by atomic mass is 10.2. The van der Waals surface area contributed by atoms with Gasteiger partial charge in [0.25, 0.3) is 5.91 Å². The molecule has 1 aromatic heterocycles. The standard InChI is InChI=1S/C22H16BrClN2O2S/c1-2-13-3-6-15(7-4-13)25-22-26-21(27)20(29-22)12-16-8-10-19(28-16)14-5-9-17(23)18(24)11-14/h3-12H,2H2,1H3,(H,25,26,27)/b20-12-. The van der Waals surface area contributed by atoms with Gasteiger partial charge in [0.15, 0.2) is 5.17 Å². The number of carbonyl (C=O) groups excluding carboxylic acids is 1. The van der Waals surface area contributed by atoms with Gasteiger partial charge in [0.2, 0.25) is 0 Å². The number of aryl methyl sites for hydroxylation is 1. The normalized spacial score (nSPS) is 16.6. The van der Waals surface area contributed by atoms with Crippen LogP contribution in [0.3, 0.4) is 0 Å². The summed E-state index contributed by atoms with van der Waals surface area (Å²) in [5.74, 6) is 1.08. The number of furan rings is 1. The molecular formula is C22H16BrClN2O2S. The van der Waals surface area contributed by atoms with Gasteiger partial charge >= 0.3 is 0 Å². The highest BCUT2D eigenvalue weighted by atomic mass is 79.9. The van der Waals surface area contributed by atoms with E-state index in [4.69, 9.17) is 16.0 Å². The number of nitrogens with zero attached hydrogens (tertiary/aromatic N) is 1. The molecule has 0 atom stereocenters. The van der Waals surface area contributed by atoms with Crippen molar-refractivity contribution in [2.24, 2.45) is 4.99 Å². The highest BCUT2D eigenvalue weighted by molar-refractivity contribution is 9.10. The summed E-state index contributed by atoms with van der Waals surface area (Å²) >= 11 is 10.8. The first-order valence-corrected chi connectivity index (χ1v) is 10.9. The van der Waals surface area contributed by atoms with E-state index in [1.165, 1.54) is 17.3 Å². The van der Waals surface area contributed by atoms with Crippen LogP contribution >= 0.6 is 39.3 Å². The van der Waals surface area contributed by atoms with Gasteiger partial charge in [-0.3, -0.25) is 4.79 Å². The summed E-state index contributed by atoms with van der Waals surface area (Å²) in [6, 6.07) is 17.3. The summed E-state index contributed by atoms with van der Waals surface area (Å²) in [6.07, 6.45) is 2.69. The van der Waals surface area contributed by atoms with Crippen LogP contribution in [0.2, 0.25) is 5.02 Å². The van der Waals surface area contributed by atoms with Crippen molar-refractivity contribution in [1.29, 1.82) is 0 Å². The Morgan fingerprint density at radius 2 is 1.97 bits per heavy atom. The van der Waals surface area contributed by atoms with Gasteiger partial charge < -0.3 is 9.73 Å². The Morgan fingerprint density at radius 1 is 1.17 bits per heavy atom. The molecule has 7 heteroatoms. The summed E-state index contributed by atoms with van der Waals surface area (Å²) in [7, 11) is 0. The molecule has 1 aliphatic heterocycles. The monoisotopic (exact) mass is 486 g/mol. The molecule has 0 bridgehead atoms. The van der Waals surface area contributed by atoms with Crippen molar-refractivity contribution in [3.05, 3.63) is 80.3 Å². The van der Waals surface area contributed by atoms with Gasteiger partial charge in [-0.15, -0.1) is 0 Å². The Kier molecular flexibility index (Phi) is 5.94. The first-order chi connectivity index (χ1) is 14.0. The minimum absolute atomic E-state index is 0.191. The molecule has 0 unspecified atom stereocenters. The molecule has 0 radical (unpaired) electrons. The topological polar surface area (TPSA) is 54.6 Å². The minimum atomic E-state index is -0.191. The van der Waals surface area contributed by atoms with E-state index < -0.39 is 0 Å². The molecule has 1 N–H and O–H groups in total. The van der Waals surface area contributed by atoms with E-state index in [-0.39, 0.29) is 5.91 Å². The van der Waals surface area contributed by atoms with E-state index in [1.54, 1.807) is 6.08 Å². The molecule has 4 rings (SSSR count). The van der Waals surface area contributed by atoms with Crippen molar-refractivity contribution < 1.29 is 9.21 Å². The second kappa shape index (κ2) is 8.61. The number of hydrogen-bond donors (Lipinski definition) is 1. The fourth-order valence-electron chi connectivity index (χ4n) is 2.77.